The maximum absolute atomic E-state index is 13.4. The summed E-state index contributed by atoms with van der Waals surface area (Å²) in [6.45, 7) is 3.71. The summed E-state index contributed by atoms with van der Waals surface area (Å²) >= 11 is 0. The number of halogens is 1. The summed E-state index contributed by atoms with van der Waals surface area (Å²) < 4.78 is 36.1. The summed E-state index contributed by atoms with van der Waals surface area (Å²) in [6.07, 6.45) is 0.584. The van der Waals surface area contributed by atoms with Crippen LogP contribution in [-0.4, -0.2) is 5.11 Å². The Bertz CT molecular complexity index is 1320. The van der Waals surface area contributed by atoms with Crippen molar-refractivity contribution in [3.8, 4) is 17.2 Å². The van der Waals surface area contributed by atoms with Crippen molar-refractivity contribution in [2.75, 3.05) is 0 Å². The van der Waals surface area contributed by atoms with E-state index in [1.807, 2.05) is 32.0 Å². The first-order chi connectivity index (χ1) is 16.7. The van der Waals surface area contributed by atoms with Gasteiger partial charge < -0.3 is 19.0 Å². The topological polar surface area (TPSA) is 78.8 Å². The molecule has 1 N–H and O–H groups in total. The van der Waals surface area contributed by atoms with Gasteiger partial charge in [0.15, 0.2) is 0 Å². The maximum atomic E-state index is 13.4. The molecule has 180 valence electrons. The summed E-state index contributed by atoms with van der Waals surface area (Å²) in [5.74, 6) is 0.0714. The molecule has 36 heavy (non-hydrogen) atoms. The fourth-order valence-corrected chi connectivity index (χ4v) is 4.80. The molecule has 0 aliphatic carbocycles. The fraction of sp³-hybridized carbons (Fsp3) is 0.143. The molecule has 2 unspecified atom stereocenters. The van der Waals surface area contributed by atoms with Gasteiger partial charge in [0, 0.05) is 5.92 Å². The van der Waals surface area contributed by atoms with Gasteiger partial charge in [-0.1, -0.05) is 42.5 Å². The molecule has 4 aromatic carbocycles. The molecule has 2 atom stereocenters. The Balaban J connectivity index is 0.00000361. The second-order valence-electron chi connectivity index (χ2n) is 8.50. The molecular formula is C28H25FNaO5P. The van der Waals surface area contributed by atoms with Crippen LogP contribution < -0.4 is 43.5 Å². The standard InChI is InChI=1S/C28H26FO5P.Na/c1-19-15-20(2)17-27(16-19)34-35(31,32)33-26-13-7-23(8-14-26)28(22-5-11-25(30)12-6-22)18-21-3-9-24(29)10-4-21;/h3-17,28,30H,18H2,1-2H3,(H,31,32);/q;+1/p-1. The second-order valence-corrected chi connectivity index (χ2v) is 9.76. The number of rotatable bonds is 8. The quantitative estimate of drug-likeness (QED) is 0.288. The number of phenolic OH excluding ortho intramolecular Hbond substituents is 1. The van der Waals surface area contributed by atoms with Crippen LogP contribution in [0.5, 0.6) is 17.2 Å². The minimum absolute atomic E-state index is 0. The molecule has 0 amide bonds. The first kappa shape index (κ1) is 28.0. The van der Waals surface area contributed by atoms with Crippen molar-refractivity contribution in [1.29, 1.82) is 0 Å². The van der Waals surface area contributed by atoms with Gasteiger partial charge in [-0.3, -0.25) is 0 Å². The Labute approximate surface area is 232 Å². The summed E-state index contributed by atoms with van der Waals surface area (Å²) in [4.78, 5) is 12.5. The number of aromatic hydroxyl groups is 1. The van der Waals surface area contributed by atoms with E-state index in [-0.39, 0.29) is 58.5 Å². The molecule has 0 radical (unpaired) electrons. The molecule has 0 aliphatic heterocycles. The monoisotopic (exact) mass is 514 g/mol. The minimum atomic E-state index is -4.65. The first-order valence-corrected chi connectivity index (χ1v) is 12.5. The predicted octanol–water partition coefficient (Wildman–Crippen LogP) is 3.45. The molecule has 4 rings (SSSR count). The van der Waals surface area contributed by atoms with Gasteiger partial charge in [0.1, 0.15) is 23.1 Å². The van der Waals surface area contributed by atoms with Gasteiger partial charge in [0.05, 0.1) is 0 Å². The normalized spacial score (nSPS) is 13.2. The molecule has 5 nitrogen and oxygen atoms in total. The molecule has 0 spiro atoms. The molecule has 0 saturated carbocycles. The van der Waals surface area contributed by atoms with Crippen molar-refractivity contribution in [3.63, 3.8) is 0 Å². The Morgan fingerprint density at radius 1 is 0.806 bits per heavy atom. The Morgan fingerprint density at radius 2 is 1.31 bits per heavy atom. The van der Waals surface area contributed by atoms with E-state index < -0.39 is 7.82 Å². The summed E-state index contributed by atoms with van der Waals surface area (Å²) in [5.41, 5.74) is 4.56. The van der Waals surface area contributed by atoms with E-state index in [0.717, 1.165) is 27.8 Å². The largest absolute Gasteiger partial charge is 1.00 e. The average Bonchev–Trinajstić information content (AvgIpc) is 2.79. The van der Waals surface area contributed by atoms with E-state index in [1.165, 1.54) is 12.1 Å². The molecule has 4 aromatic rings. The zero-order chi connectivity index (χ0) is 25.0. The summed E-state index contributed by atoms with van der Waals surface area (Å²) in [6, 6.07) is 25.1. The van der Waals surface area contributed by atoms with Crippen LogP contribution in [0.15, 0.2) is 91.0 Å². The zero-order valence-corrected chi connectivity index (χ0v) is 23.2. The number of phosphoric ester groups is 1. The molecule has 0 fully saturated rings. The van der Waals surface area contributed by atoms with E-state index in [4.69, 9.17) is 9.05 Å². The molecule has 8 heteroatoms. The van der Waals surface area contributed by atoms with Gasteiger partial charge in [0.2, 0.25) is 0 Å². The smallest absolute Gasteiger partial charge is 0.736 e. The third-order valence-corrected chi connectivity index (χ3v) is 6.43. The molecule has 0 heterocycles. The van der Waals surface area contributed by atoms with Gasteiger partial charge >= 0.3 is 37.4 Å². The van der Waals surface area contributed by atoms with Gasteiger partial charge in [0.25, 0.3) is 0 Å². The number of phenols is 1. The van der Waals surface area contributed by atoms with Crippen molar-refractivity contribution < 1.29 is 57.6 Å². The number of aryl methyl sites for hydroxylation is 2. The zero-order valence-electron chi connectivity index (χ0n) is 20.4. The van der Waals surface area contributed by atoms with Crippen molar-refractivity contribution >= 4 is 7.82 Å². The molecular weight excluding hydrogens is 489 g/mol. The van der Waals surface area contributed by atoms with Gasteiger partial charge in [-0.25, -0.2) is 8.96 Å². The van der Waals surface area contributed by atoms with Crippen molar-refractivity contribution in [1.82, 2.24) is 0 Å². The van der Waals surface area contributed by atoms with Crippen LogP contribution in [0.3, 0.4) is 0 Å². The van der Waals surface area contributed by atoms with E-state index in [9.17, 15) is 19.0 Å². The van der Waals surface area contributed by atoms with Crippen LogP contribution in [0, 0.1) is 19.7 Å². The maximum Gasteiger partial charge on any atom is 1.00 e. The third-order valence-electron chi connectivity index (χ3n) is 5.56. The Hall–Kier alpha value is -2.60. The molecule has 0 aromatic heterocycles. The van der Waals surface area contributed by atoms with Gasteiger partial charge in [-0.05, 0) is 96.6 Å². The minimum Gasteiger partial charge on any atom is -0.736 e. The SMILES string of the molecule is Cc1cc(C)cc(OP(=O)([O-])Oc2ccc(C(Cc3ccc(F)cc3)c3ccc(O)cc3)cc2)c1.[Na+]. The molecule has 0 saturated heterocycles. The van der Waals surface area contributed by atoms with Crippen LogP contribution in [-0.2, 0) is 11.0 Å². The number of phosphoric acid groups is 1. The number of benzene rings is 4. The summed E-state index contributed by atoms with van der Waals surface area (Å²) in [5, 5.41) is 9.68. The fourth-order valence-electron chi connectivity index (χ4n) is 4.01. The van der Waals surface area contributed by atoms with E-state index in [1.54, 1.807) is 60.7 Å². The van der Waals surface area contributed by atoms with Crippen LogP contribution in [0.4, 0.5) is 4.39 Å². The van der Waals surface area contributed by atoms with Crippen LogP contribution >= 0.6 is 7.82 Å². The van der Waals surface area contributed by atoms with Crippen LogP contribution in [0.1, 0.15) is 33.7 Å². The first-order valence-electron chi connectivity index (χ1n) is 11.1. The van der Waals surface area contributed by atoms with E-state index in [2.05, 4.69) is 0 Å². The number of hydrogen-bond acceptors (Lipinski definition) is 5. The number of hydrogen-bond donors (Lipinski definition) is 1. The van der Waals surface area contributed by atoms with Crippen LogP contribution in [0.25, 0.3) is 0 Å². The van der Waals surface area contributed by atoms with Gasteiger partial charge in [-0.2, -0.15) is 0 Å². The van der Waals surface area contributed by atoms with Crippen molar-refractivity contribution in [3.05, 3.63) is 125 Å². The predicted molar refractivity (Wildman–Crippen MR) is 131 cm³/mol. The molecule has 0 bridgehead atoms. The van der Waals surface area contributed by atoms with Crippen LogP contribution in [0.2, 0.25) is 0 Å². The van der Waals surface area contributed by atoms with E-state index in [0.29, 0.717) is 6.42 Å². The molecule has 0 aliphatic rings. The van der Waals surface area contributed by atoms with Gasteiger partial charge in [-0.15, -0.1) is 0 Å². The third kappa shape index (κ3) is 7.70. The van der Waals surface area contributed by atoms with Crippen molar-refractivity contribution in [2.24, 2.45) is 0 Å². The van der Waals surface area contributed by atoms with Crippen molar-refractivity contribution in [2.45, 2.75) is 26.2 Å². The average molecular weight is 514 g/mol. The second kappa shape index (κ2) is 12.1. The Kier molecular flexibility index (Phi) is 9.40. The Morgan fingerprint density at radius 3 is 1.86 bits per heavy atom. The summed E-state index contributed by atoms with van der Waals surface area (Å²) in [7, 11) is -4.65. The van der Waals surface area contributed by atoms with E-state index >= 15 is 0 Å².